The molecule has 1 heterocycles. The van der Waals surface area contributed by atoms with Crippen LogP contribution in [0.3, 0.4) is 0 Å². The quantitative estimate of drug-likeness (QED) is 0.814. The van der Waals surface area contributed by atoms with Crippen LogP contribution in [0.1, 0.15) is 59.8 Å². The van der Waals surface area contributed by atoms with Gasteiger partial charge in [-0.05, 0) is 31.6 Å². The summed E-state index contributed by atoms with van der Waals surface area (Å²) >= 11 is 0. The first-order valence-corrected chi connectivity index (χ1v) is 8.06. The van der Waals surface area contributed by atoms with Crippen LogP contribution in [0.2, 0.25) is 0 Å². The number of rotatable bonds is 6. The second-order valence-corrected chi connectivity index (χ2v) is 6.28. The molecule has 1 rings (SSSR count). The maximum Gasteiger partial charge on any atom is 0.225 e. The predicted octanol–water partition coefficient (Wildman–Crippen LogP) is 2.58. The number of piperidine rings is 1. The monoisotopic (exact) mass is 282 g/mol. The molecule has 4 heteroatoms. The zero-order valence-corrected chi connectivity index (χ0v) is 13.4. The Morgan fingerprint density at radius 2 is 1.70 bits per heavy atom. The average Bonchev–Trinajstić information content (AvgIpc) is 2.39. The van der Waals surface area contributed by atoms with Gasteiger partial charge in [-0.2, -0.15) is 0 Å². The summed E-state index contributed by atoms with van der Waals surface area (Å²) in [7, 11) is 0. The molecule has 0 spiro atoms. The lowest BCUT2D eigenvalue weighted by atomic mass is 9.98. The Kier molecular flexibility index (Phi) is 7.03. The molecule has 0 aromatic carbocycles. The fraction of sp³-hybridized carbons (Fsp3) is 0.875. The van der Waals surface area contributed by atoms with Gasteiger partial charge in [-0.1, -0.05) is 27.7 Å². The Morgan fingerprint density at radius 3 is 2.15 bits per heavy atom. The van der Waals surface area contributed by atoms with E-state index in [0.717, 1.165) is 38.8 Å². The van der Waals surface area contributed by atoms with Crippen LogP contribution in [0.15, 0.2) is 0 Å². The van der Waals surface area contributed by atoms with Crippen molar-refractivity contribution < 1.29 is 9.59 Å². The largest absolute Gasteiger partial charge is 0.353 e. The molecule has 116 valence electrons. The van der Waals surface area contributed by atoms with Crippen molar-refractivity contribution in [2.75, 3.05) is 13.1 Å². The number of amides is 2. The van der Waals surface area contributed by atoms with Gasteiger partial charge < -0.3 is 10.2 Å². The van der Waals surface area contributed by atoms with Crippen LogP contribution >= 0.6 is 0 Å². The van der Waals surface area contributed by atoms with Crippen molar-refractivity contribution in [3.05, 3.63) is 0 Å². The van der Waals surface area contributed by atoms with E-state index in [2.05, 4.69) is 33.0 Å². The molecule has 1 fully saturated rings. The van der Waals surface area contributed by atoms with Crippen molar-refractivity contribution in [1.82, 2.24) is 10.2 Å². The van der Waals surface area contributed by atoms with E-state index in [9.17, 15) is 9.59 Å². The smallest absolute Gasteiger partial charge is 0.225 e. The molecule has 0 saturated carbocycles. The first-order valence-electron chi connectivity index (χ1n) is 8.06. The van der Waals surface area contributed by atoms with Crippen LogP contribution in [0.5, 0.6) is 0 Å². The highest BCUT2D eigenvalue weighted by Gasteiger charge is 2.27. The lowest BCUT2D eigenvalue weighted by Gasteiger charge is -2.34. The van der Waals surface area contributed by atoms with Gasteiger partial charge in [-0.15, -0.1) is 0 Å². The summed E-state index contributed by atoms with van der Waals surface area (Å²) in [6, 6.07) is 0.243. The van der Waals surface area contributed by atoms with Crippen molar-refractivity contribution >= 4 is 11.8 Å². The first-order chi connectivity index (χ1) is 9.47. The molecular weight excluding hydrogens is 252 g/mol. The van der Waals surface area contributed by atoms with Gasteiger partial charge in [-0.25, -0.2) is 0 Å². The van der Waals surface area contributed by atoms with E-state index < -0.39 is 0 Å². The molecule has 0 aliphatic carbocycles. The molecule has 1 N–H and O–H groups in total. The molecule has 0 unspecified atom stereocenters. The molecular formula is C16H30N2O2. The predicted molar refractivity (Wildman–Crippen MR) is 81.3 cm³/mol. The Bertz CT molecular complexity index is 316. The van der Waals surface area contributed by atoms with Gasteiger partial charge in [0.25, 0.3) is 0 Å². The second-order valence-electron chi connectivity index (χ2n) is 6.28. The lowest BCUT2D eigenvalue weighted by Crippen LogP contribution is -2.48. The number of likely N-dealkylation sites (tertiary alicyclic amines) is 1. The van der Waals surface area contributed by atoms with E-state index in [0.29, 0.717) is 18.2 Å². The van der Waals surface area contributed by atoms with Crippen molar-refractivity contribution in [2.45, 2.75) is 65.8 Å². The highest BCUT2D eigenvalue weighted by Crippen LogP contribution is 2.17. The highest BCUT2D eigenvalue weighted by molar-refractivity contribution is 5.79. The highest BCUT2D eigenvalue weighted by atomic mass is 16.2. The van der Waals surface area contributed by atoms with E-state index in [1.807, 2.05) is 4.90 Å². The Hall–Kier alpha value is -1.06. The maximum atomic E-state index is 12.3. The summed E-state index contributed by atoms with van der Waals surface area (Å²) in [5.41, 5.74) is 0. The minimum atomic E-state index is 0.143. The summed E-state index contributed by atoms with van der Waals surface area (Å²) in [5.74, 6) is 1.00. The van der Waals surface area contributed by atoms with Crippen LogP contribution in [-0.2, 0) is 9.59 Å². The van der Waals surface area contributed by atoms with Crippen LogP contribution in [0, 0.1) is 11.8 Å². The maximum absolute atomic E-state index is 12.3. The van der Waals surface area contributed by atoms with E-state index >= 15 is 0 Å². The normalized spacial score (nSPS) is 16.8. The number of carbonyl (C=O) groups excluding carboxylic acids is 2. The fourth-order valence-corrected chi connectivity index (χ4v) is 2.80. The lowest BCUT2D eigenvalue weighted by molar-refractivity contribution is -0.137. The molecule has 0 atom stereocenters. The molecule has 2 amide bonds. The third-order valence-electron chi connectivity index (χ3n) is 4.10. The number of nitrogens with zero attached hydrogens (tertiary/aromatic N) is 1. The van der Waals surface area contributed by atoms with Crippen LogP contribution in [0.25, 0.3) is 0 Å². The SMILES string of the molecule is CCC(CC)C(=O)N1CCC(NC(=O)CC(C)C)CC1. The standard InChI is InChI=1S/C16H30N2O2/c1-5-13(6-2)16(20)18-9-7-14(8-10-18)17-15(19)11-12(3)4/h12-14H,5-11H2,1-4H3,(H,17,19). The van der Waals surface area contributed by atoms with E-state index in [1.54, 1.807) is 0 Å². The molecule has 0 aromatic heterocycles. The van der Waals surface area contributed by atoms with Crippen LogP contribution < -0.4 is 5.32 Å². The Balaban J connectivity index is 2.36. The average molecular weight is 282 g/mol. The van der Waals surface area contributed by atoms with Gasteiger partial charge in [-0.3, -0.25) is 9.59 Å². The molecule has 0 bridgehead atoms. The topological polar surface area (TPSA) is 49.4 Å². The Morgan fingerprint density at radius 1 is 1.15 bits per heavy atom. The van der Waals surface area contributed by atoms with Gasteiger partial charge in [0.1, 0.15) is 0 Å². The number of carbonyl (C=O) groups is 2. The van der Waals surface area contributed by atoms with Crippen molar-refractivity contribution in [1.29, 1.82) is 0 Å². The molecule has 0 radical (unpaired) electrons. The van der Waals surface area contributed by atoms with Gasteiger partial charge in [0.15, 0.2) is 0 Å². The molecule has 20 heavy (non-hydrogen) atoms. The summed E-state index contributed by atoms with van der Waals surface area (Å²) in [5, 5.41) is 3.09. The third-order valence-corrected chi connectivity index (χ3v) is 4.10. The van der Waals surface area contributed by atoms with Crippen molar-refractivity contribution in [3.63, 3.8) is 0 Å². The minimum Gasteiger partial charge on any atom is -0.353 e. The van der Waals surface area contributed by atoms with Crippen LogP contribution in [-0.4, -0.2) is 35.8 Å². The first kappa shape index (κ1) is 17.0. The summed E-state index contributed by atoms with van der Waals surface area (Å²) in [6.07, 6.45) is 4.19. The van der Waals surface area contributed by atoms with Gasteiger partial charge >= 0.3 is 0 Å². The number of hydrogen-bond donors (Lipinski definition) is 1. The van der Waals surface area contributed by atoms with E-state index in [4.69, 9.17) is 0 Å². The Labute approximate surface area is 123 Å². The van der Waals surface area contributed by atoms with Gasteiger partial charge in [0.05, 0.1) is 0 Å². The molecule has 1 aliphatic heterocycles. The zero-order valence-electron chi connectivity index (χ0n) is 13.4. The summed E-state index contributed by atoms with van der Waals surface area (Å²) in [6.45, 7) is 9.81. The van der Waals surface area contributed by atoms with Crippen molar-refractivity contribution in [3.8, 4) is 0 Å². The third kappa shape index (κ3) is 5.14. The molecule has 4 nitrogen and oxygen atoms in total. The fourth-order valence-electron chi connectivity index (χ4n) is 2.80. The van der Waals surface area contributed by atoms with E-state index in [-0.39, 0.29) is 17.9 Å². The summed E-state index contributed by atoms with van der Waals surface area (Å²) < 4.78 is 0. The van der Waals surface area contributed by atoms with E-state index in [1.165, 1.54) is 0 Å². The van der Waals surface area contributed by atoms with Gasteiger partial charge in [0, 0.05) is 31.5 Å². The molecule has 1 aliphatic rings. The van der Waals surface area contributed by atoms with Crippen LogP contribution in [0.4, 0.5) is 0 Å². The van der Waals surface area contributed by atoms with Gasteiger partial charge in [0.2, 0.25) is 11.8 Å². The zero-order chi connectivity index (χ0) is 15.1. The molecule has 1 saturated heterocycles. The second kappa shape index (κ2) is 8.28. The minimum absolute atomic E-state index is 0.143. The number of nitrogens with one attached hydrogen (secondary N) is 1. The number of hydrogen-bond acceptors (Lipinski definition) is 2. The van der Waals surface area contributed by atoms with Crippen molar-refractivity contribution in [2.24, 2.45) is 11.8 Å². The summed E-state index contributed by atoms with van der Waals surface area (Å²) in [4.78, 5) is 26.0. The molecule has 0 aromatic rings.